The smallest absolute Gasteiger partial charge is 0.271 e. The molecule has 0 spiro atoms. The number of fused-ring (bicyclic) bond motifs is 3. The molecule has 210 valence electrons. The molecule has 2 heterocycles. The van der Waals surface area contributed by atoms with Crippen LogP contribution in [0.5, 0.6) is 0 Å². The van der Waals surface area contributed by atoms with Crippen molar-refractivity contribution < 1.29 is 14.4 Å². The van der Waals surface area contributed by atoms with Crippen LogP contribution in [0.25, 0.3) is 0 Å². The summed E-state index contributed by atoms with van der Waals surface area (Å²) in [6, 6.07) is 24.6. The van der Waals surface area contributed by atoms with E-state index in [0.717, 1.165) is 22.3 Å². The van der Waals surface area contributed by atoms with E-state index in [4.69, 9.17) is 4.99 Å². The van der Waals surface area contributed by atoms with E-state index in [0.29, 0.717) is 42.6 Å². The highest BCUT2D eigenvalue weighted by molar-refractivity contribution is 8.15. The highest BCUT2D eigenvalue weighted by Gasteiger charge is 2.43. The highest BCUT2D eigenvalue weighted by atomic mass is 32.2. The lowest BCUT2D eigenvalue weighted by Crippen LogP contribution is -2.47. The first kappa shape index (κ1) is 28.3. The molecule has 8 nitrogen and oxygen atoms in total. The largest absolute Gasteiger partial charge is 0.356 e. The van der Waals surface area contributed by atoms with Gasteiger partial charge in [-0.1, -0.05) is 91.0 Å². The van der Waals surface area contributed by atoms with E-state index in [1.54, 1.807) is 4.90 Å². The molecule has 0 saturated heterocycles. The first-order chi connectivity index (χ1) is 19.9. The molecule has 3 aromatic carbocycles. The number of aryl methyl sites for hydroxylation is 1. The Labute approximate surface area is 244 Å². The van der Waals surface area contributed by atoms with Crippen molar-refractivity contribution in [2.24, 2.45) is 9.98 Å². The van der Waals surface area contributed by atoms with Crippen LogP contribution in [0.4, 0.5) is 5.69 Å². The molecular weight excluding hydrogens is 534 g/mol. The summed E-state index contributed by atoms with van der Waals surface area (Å²) in [4.78, 5) is 50.2. The quantitative estimate of drug-likeness (QED) is 0.375. The molecule has 2 atom stereocenters. The third-order valence-corrected chi connectivity index (χ3v) is 8.39. The average molecular weight is 568 g/mol. The van der Waals surface area contributed by atoms with Gasteiger partial charge in [-0.2, -0.15) is 4.99 Å². The number of carbonyl (C=O) groups excluding carboxylic acids is 3. The van der Waals surface area contributed by atoms with Gasteiger partial charge in [0.2, 0.25) is 11.8 Å². The summed E-state index contributed by atoms with van der Waals surface area (Å²) in [5.74, 6) is -0.263. The van der Waals surface area contributed by atoms with E-state index >= 15 is 0 Å². The molecule has 0 saturated carbocycles. The van der Waals surface area contributed by atoms with Crippen LogP contribution in [0.3, 0.4) is 0 Å². The number of amides is 3. The summed E-state index contributed by atoms with van der Waals surface area (Å²) < 4.78 is 0. The minimum atomic E-state index is -0.825. The van der Waals surface area contributed by atoms with Gasteiger partial charge in [0.1, 0.15) is 11.9 Å². The van der Waals surface area contributed by atoms with Gasteiger partial charge in [0.05, 0.1) is 17.4 Å². The maximum absolute atomic E-state index is 13.2. The van der Waals surface area contributed by atoms with Crippen molar-refractivity contribution in [3.8, 4) is 0 Å². The van der Waals surface area contributed by atoms with Crippen LogP contribution in [0.15, 0.2) is 88.8 Å². The topological polar surface area (TPSA) is 103 Å². The monoisotopic (exact) mass is 567 g/mol. The summed E-state index contributed by atoms with van der Waals surface area (Å²) >= 11 is 1.30. The molecule has 2 N–H and O–H groups in total. The van der Waals surface area contributed by atoms with E-state index in [2.05, 4.69) is 15.6 Å². The number of nitrogens with zero attached hydrogens (tertiary/aromatic N) is 3. The lowest BCUT2D eigenvalue weighted by atomic mass is 10.1. The standard InChI is InChI=1S/C32H33N5O3S/c1-3-27(31(40)34-20-23-15-13-21(2)14-16-23)41-32-35-25-12-8-7-11-24(25)29-36-30(39)26(37(29)32)19-28(38)33-18-17-22-9-5-4-6-10-22/h4-16,26-27H,3,17-20H2,1-2H3,(H,33,38)(H,34,40). The van der Waals surface area contributed by atoms with Gasteiger partial charge in [0, 0.05) is 18.7 Å². The van der Waals surface area contributed by atoms with Crippen LogP contribution in [-0.2, 0) is 27.3 Å². The van der Waals surface area contributed by atoms with Gasteiger partial charge in [-0.3, -0.25) is 19.3 Å². The minimum Gasteiger partial charge on any atom is -0.356 e. The minimum absolute atomic E-state index is 0.0568. The molecule has 5 rings (SSSR count). The van der Waals surface area contributed by atoms with Gasteiger partial charge in [-0.15, -0.1) is 0 Å². The molecule has 0 radical (unpaired) electrons. The molecule has 0 fully saturated rings. The van der Waals surface area contributed by atoms with Crippen LogP contribution < -0.4 is 10.6 Å². The Hall–Kier alpha value is -4.24. The molecule has 3 amide bonds. The van der Waals surface area contributed by atoms with Gasteiger partial charge >= 0.3 is 0 Å². The van der Waals surface area contributed by atoms with Gasteiger partial charge in [0.15, 0.2) is 5.17 Å². The predicted octanol–water partition coefficient (Wildman–Crippen LogP) is 4.53. The number of nitrogens with one attached hydrogen (secondary N) is 2. The fourth-order valence-corrected chi connectivity index (χ4v) is 5.87. The van der Waals surface area contributed by atoms with Gasteiger partial charge in [-0.25, -0.2) is 4.99 Å². The van der Waals surface area contributed by atoms with Crippen molar-refractivity contribution >= 4 is 46.2 Å². The lowest BCUT2D eigenvalue weighted by molar-refractivity contribution is -0.126. The fourth-order valence-electron chi connectivity index (χ4n) is 4.78. The number of aliphatic imine (C=N–C) groups is 2. The zero-order valence-electron chi connectivity index (χ0n) is 23.2. The molecule has 0 aliphatic carbocycles. The van der Waals surface area contributed by atoms with E-state index in [1.165, 1.54) is 11.8 Å². The number of rotatable bonds is 10. The van der Waals surface area contributed by atoms with Crippen molar-refractivity contribution in [1.29, 1.82) is 0 Å². The zero-order valence-corrected chi connectivity index (χ0v) is 24.0. The third-order valence-electron chi connectivity index (χ3n) is 7.06. The van der Waals surface area contributed by atoms with Crippen LogP contribution in [0, 0.1) is 6.92 Å². The van der Waals surface area contributed by atoms with E-state index in [9.17, 15) is 14.4 Å². The number of hydrogen-bond donors (Lipinski definition) is 2. The Morgan fingerprint density at radius 2 is 1.66 bits per heavy atom. The van der Waals surface area contributed by atoms with Crippen molar-refractivity contribution in [2.75, 3.05) is 6.54 Å². The van der Waals surface area contributed by atoms with Crippen molar-refractivity contribution in [1.82, 2.24) is 15.5 Å². The number of thioether (sulfide) groups is 1. The van der Waals surface area contributed by atoms with Crippen LogP contribution in [0.2, 0.25) is 0 Å². The molecule has 2 unspecified atom stereocenters. The summed E-state index contributed by atoms with van der Waals surface area (Å²) in [6.45, 7) is 4.86. The van der Waals surface area contributed by atoms with E-state index in [-0.39, 0.29) is 24.1 Å². The summed E-state index contributed by atoms with van der Waals surface area (Å²) in [5.41, 5.74) is 4.72. The number of para-hydroxylation sites is 1. The van der Waals surface area contributed by atoms with Crippen LogP contribution in [0.1, 0.15) is 42.0 Å². The third kappa shape index (κ3) is 6.74. The number of benzene rings is 3. The number of hydrogen-bond acceptors (Lipinski definition) is 6. The van der Waals surface area contributed by atoms with E-state index in [1.807, 2.05) is 92.7 Å². The number of amidine groups is 2. The summed E-state index contributed by atoms with van der Waals surface area (Å²) in [6.07, 6.45) is 1.20. The predicted molar refractivity (Wildman–Crippen MR) is 163 cm³/mol. The van der Waals surface area contributed by atoms with Crippen LogP contribution >= 0.6 is 11.8 Å². The second kappa shape index (κ2) is 13.0. The number of carbonyl (C=O) groups is 3. The van der Waals surface area contributed by atoms with Crippen molar-refractivity contribution in [3.63, 3.8) is 0 Å². The maximum Gasteiger partial charge on any atom is 0.271 e. The summed E-state index contributed by atoms with van der Waals surface area (Å²) in [7, 11) is 0. The molecular formula is C32H33N5O3S. The highest BCUT2D eigenvalue weighted by Crippen LogP contribution is 2.36. The molecule has 2 aliphatic rings. The first-order valence-electron chi connectivity index (χ1n) is 13.8. The Morgan fingerprint density at radius 3 is 2.41 bits per heavy atom. The van der Waals surface area contributed by atoms with Gasteiger partial charge in [-0.05, 0) is 43.0 Å². The molecule has 9 heteroatoms. The molecule has 2 aliphatic heterocycles. The van der Waals surface area contributed by atoms with Gasteiger partial charge in [0.25, 0.3) is 5.91 Å². The molecule has 0 aromatic heterocycles. The average Bonchev–Trinajstić information content (AvgIpc) is 3.31. The van der Waals surface area contributed by atoms with Crippen molar-refractivity contribution in [2.45, 2.75) is 50.9 Å². The second-order valence-corrected chi connectivity index (χ2v) is 11.2. The SMILES string of the molecule is CCC(SC1=Nc2ccccc2C2=NC(=O)C(CC(=O)NCCc3ccccc3)N12)C(=O)NCc1ccc(C)cc1. The van der Waals surface area contributed by atoms with Crippen molar-refractivity contribution in [3.05, 3.63) is 101 Å². The van der Waals surface area contributed by atoms with E-state index < -0.39 is 11.3 Å². The zero-order chi connectivity index (χ0) is 28.8. The second-order valence-electron chi connectivity index (χ2n) is 10.1. The Morgan fingerprint density at radius 1 is 0.927 bits per heavy atom. The lowest BCUT2D eigenvalue weighted by Gasteiger charge is -2.32. The fraction of sp³-hybridized carbons (Fsp3) is 0.281. The Bertz CT molecular complexity index is 1490. The van der Waals surface area contributed by atoms with Gasteiger partial charge < -0.3 is 10.6 Å². The normalized spacial score (nSPS) is 16.3. The first-order valence-corrected chi connectivity index (χ1v) is 14.7. The Kier molecular flexibility index (Phi) is 8.94. The maximum atomic E-state index is 13.2. The molecule has 0 bridgehead atoms. The Balaban J connectivity index is 1.30. The molecule has 3 aromatic rings. The van der Waals surface area contributed by atoms with Crippen LogP contribution in [-0.4, -0.2) is 51.5 Å². The summed E-state index contributed by atoms with van der Waals surface area (Å²) in [5, 5.41) is 6.02. The molecule has 41 heavy (non-hydrogen) atoms.